The summed E-state index contributed by atoms with van der Waals surface area (Å²) in [5.41, 5.74) is 1.56. The second-order valence-electron chi connectivity index (χ2n) is 14.4. The van der Waals surface area contributed by atoms with E-state index < -0.39 is 17.5 Å². The number of aliphatic hydroxyl groups is 1. The van der Waals surface area contributed by atoms with E-state index in [4.69, 9.17) is 0 Å². The predicted molar refractivity (Wildman–Crippen MR) is 133 cm³/mol. The van der Waals surface area contributed by atoms with Crippen LogP contribution in [-0.4, -0.2) is 22.3 Å². The molecule has 186 valence electrons. The van der Waals surface area contributed by atoms with Crippen molar-refractivity contribution in [2.24, 2.45) is 56.7 Å². The van der Waals surface area contributed by atoms with Gasteiger partial charge in [0.1, 0.15) is 0 Å². The Kier molecular flexibility index (Phi) is 5.15. The van der Waals surface area contributed by atoms with Gasteiger partial charge in [-0.3, -0.25) is 4.79 Å². The van der Waals surface area contributed by atoms with Crippen LogP contribution in [0.2, 0.25) is 0 Å². The number of hydrogen-bond acceptors (Lipinski definition) is 2. The molecule has 0 saturated heterocycles. The maximum absolute atomic E-state index is 12.5. The molecule has 0 unspecified atom stereocenters. The lowest BCUT2D eigenvalue weighted by Crippen LogP contribution is -2.66. The number of aliphatic carboxylic acids is 1. The topological polar surface area (TPSA) is 57.5 Å². The molecule has 3 nitrogen and oxygen atoms in total. The molecule has 0 aromatic rings. The van der Waals surface area contributed by atoms with E-state index in [-0.39, 0.29) is 22.2 Å². The molecule has 0 heterocycles. The molecule has 0 aliphatic heterocycles. The summed E-state index contributed by atoms with van der Waals surface area (Å²) in [6, 6.07) is 0. The molecule has 0 radical (unpaired) electrons. The van der Waals surface area contributed by atoms with Crippen molar-refractivity contribution < 1.29 is 15.0 Å². The fourth-order valence-corrected chi connectivity index (χ4v) is 10.8. The molecule has 33 heavy (non-hydrogen) atoms. The van der Waals surface area contributed by atoms with E-state index in [0.717, 1.165) is 37.5 Å². The average molecular weight is 457 g/mol. The summed E-state index contributed by atoms with van der Waals surface area (Å²) < 4.78 is 0. The van der Waals surface area contributed by atoms with E-state index in [2.05, 4.69) is 47.6 Å². The van der Waals surface area contributed by atoms with Crippen LogP contribution in [0.1, 0.15) is 106 Å². The van der Waals surface area contributed by atoms with Crippen molar-refractivity contribution in [3.05, 3.63) is 11.6 Å². The van der Waals surface area contributed by atoms with Gasteiger partial charge in [0.25, 0.3) is 0 Å². The van der Waals surface area contributed by atoms with Gasteiger partial charge < -0.3 is 10.2 Å². The average Bonchev–Trinajstić information content (AvgIpc) is 2.75. The first kappa shape index (κ1) is 23.9. The first-order valence-corrected chi connectivity index (χ1v) is 13.9. The molecule has 11 atom stereocenters. The first-order valence-electron chi connectivity index (χ1n) is 13.9. The Hall–Kier alpha value is -0.830. The largest absolute Gasteiger partial charge is 0.481 e. The van der Waals surface area contributed by atoms with Crippen molar-refractivity contribution in [1.82, 2.24) is 0 Å². The molecule has 0 spiro atoms. The van der Waals surface area contributed by atoms with E-state index in [0.29, 0.717) is 23.7 Å². The van der Waals surface area contributed by atoms with Gasteiger partial charge >= 0.3 is 5.97 Å². The normalized spacial score (nSPS) is 58.2. The highest BCUT2D eigenvalue weighted by molar-refractivity contribution is 5.76. The van der Waals surface area contributed by atoms with Crippen molar-refractivity contribution >= 4 is 5.97 Å². The number of aliphatic hydroxyl groups excluding tert-OH is 1. The SMILES string of the molecule is C[C@@H]1[C@H](C)CC[C@]2(C)CC[C@]3(C)C(=CC[C@@H]4[C@]5(C)CC[C@H](O)[C@](C)(C(=O)O)[C@@H]5CC[C@@]43C)[C@H]12. The predicted octanol–water partition coefficient (Wildman–Crippen LogP) is 7.09. The molecule has 0 bridgehead atoms. The molecule has 4 saturated carbocycles. The lowest BCUT2D eigenvalue weighted by atomic mass is 9.33. The molecule has 0 aromatic heterocycles. The summed E-state index contributed by atoms with van der Waals surface area (Å²) in [7, 11) is 0. The lowest BCUT2D eigenvalue weighted by Gasteiger charge is -2.71. The standard InChI is InChI=1S/C30H48O3/c1-18-10-13-26(3)16-17-28(5)20(24(26)19(18)2)8-9-21-27(4)14-12-23(31)30(7,25(32)33)22(27)11-15-29(21,28)6/h8,18-19,21-24,31H,9-17H2,1-7H3,(H,32,33)/t18-,19-,21-,22-,23+,24+,26-,27+,28-,29+,30-/m1/s1. The number of hydrogen-bond donors (Lipinski definition) is 2. The third-order valence-corrected chi connectivity index (χ3v) is 13.5. The third kappa shape index (κ3) is 2.75. The molecule has 0 aromatic carbocycles. The van der Waals surface area contributed by atoms with Gasteiger partial charge in [0.2, 0.25) is 0 Å². The number of allylic oxidation sites excluding steroid dienone is 2. The van der Waals surface area contributed by atoms with Crippen molar-refractivity contribution in [3.8, 4) is 0 Å². The summed E-state index contributed by atoms with van der Waals surface area (Å²) in [4.78, 5) is 12.5. The van der Waals surface area contributed by atoms with Crippen molar-refractivity contribution in [3.63, 3.8) is 0 Å². The second-order valence-corrected chi connectivity index (χ2v) is 14.4. The monoisotopic (exact) mass is 456 g/mol. The summed E-state index contributed by atoms with van der Waals surface area (Å²) in [6.07, 6.45) is 12.0. The minimum atomic E-state index is -1.03. The van der Waals surface area contributed by atoms with Crippen molar-refractivity contribution in [1.29, 1.82) is 0 Å². The highest BCUT2D eigenvalue weighted by Gasteiger charge is 2.69. The molecular formula is C30H48O3. The Morgan fingerprint density at radius 1 is 0.909 bits per heavy atom. The van der Waals surface area contributed by atoms with Crippen LogP contribution in [0.4, 0.5) is 0 Å². The zero-order valence-electron chi connectivity index (χ0n) is 22.2. The molecule has 2 N–H and O–H groups in total. The number of carboxylic acid groups (broad SMARTS) is 1. The summed E-state index contributed by atoms with van der Waals surface area (Å²) in [5.74, 6) is 1.96. The van der Waals surface area contributed by atoms with Crippen molar-refractivity contribution in [2.45, 2.75) is 112 Å². The van der Waals surface area contributed by atoms with Crippen LogP contribution in [-0.2, 0) is 4.79 Å². The molecule has 3 heteroatoms. The van der Waals surface area contributed by atoms with Gasteiger partial charge in [-0.25, -0.2) is 0 Å². The smallest absolute Gasteiger partial charge is 0.312 e. The van der Waals surface area contributed by atoms with Crippen LogP contribution in [0.5, 0.6) is 0 Å². The molecule has 5 aliphatic rings. The molecule has 0 amide bonds. The minimum Gasteiger partial charge on any atom is -0.481 e. The second kappa shape index (κ2) is 7.11. The minimum absolute atomic E-state index is 0.0311. The van der Waals surface area contributed by atoms with Gasteiger partial charge in [-0.2, -0.15) is 0 Å². The molecule has 5 rings (SSSR count). The van der Waals surface area contributed by atoms with E-state index >= 15 is 0 Å². The Morgan fingerprint density at radius 2 is 1.61 bits per heavy atom. The van der Waals surface area contributed by atoms with Gasteiger partial charge in [-0.15, -0.1) is 0 Å². The summed E-state index contributed by atoms with van der Waals surface area (Å²) in [5, 5.41) is 21.1. The Labute approximate surface area is 201 Å². The fourth-order valence-electron chi connectivity index (χ4n) is 10.8. The lowest BCUT2D eigenvalue weighted by molar-refractivity contribution is -0.217. The zero-order chi connectivity index (χ0) is 24.2. The van der Waals surface area contributed by atoms with Crippen molar-refractivity contribution in [2.75, 3.05) is 0 Å². The third-order valence-electron chi connectivity index (χ3n) is 13.5. The fraction of sp³-hybridized carbons (Fsp3) is 0.900. The Morgan fingerprint density at radius 3 is 2.27 bits per heavy atom. The molecule has 4 fully saturated rings. The van der Waals surface area contributed by atoms with Crippen LogP contribution in [0, 0.1) is 56.7 Å². The maximum Gasteiger partial charge on any atom is 0.312 e. The van der Waals surface area contributed by atoms with Crippen LogP contribution in [0.15, 0.2) is 11.6 Å². The number of carboxylic acids is 1. The van der Waals surface area contributed by atoms with Crippen LogP contribution in [0.25, 0.3) is 0 Å². The van der Waals surface area contributed by atoms with Crippen LogP contribution in [0.3, 0.4) is 0 Å². The van der Waals surface area contributed by atoms with Gasteiger partial charge in [-0.05, 0) is 116 Å². The van der Waals surface area contributed by atoms with E-state index in [9.17, 15) is 15.0 Å². The Bertz CT molecular complexity index is 878. The van der Waals surface area contributed by atoms with Gasteiger partial charge in [0.05, 0.1) is 11.5 Å². The van der Waals surface area contributed by atoms with E-state index in [1.54, 1.807) is 5.57 Å². The molecule has 5 aliphatic carbocycles. The highest BCUT2D eigenvalue weighted by atomic mass is 16.4. The van der Waals surface area contributed by atoms with Crippen LogP contribution < -0.4 is 0 Å². The summed E-state index contributed by atoms with van der Waals surface area (Å²) in [6.45, 7) is 17.0. The highest BCUT2D eigenvalue weighted by Crippen LogP contribution is 2.75. The van der Waals surface area contributed by atoms with E-state index in [1.165, 1.54) is 25.7 Å². The maximum atomic E-state index is 12.5. The van der Waals surface area contributed by atoms with Gasteiger partial charge in [-0.1, -0.05) is 53.2 Å². The number of carbonyl (C=O) groups is 1. The zero-order valence-corrected chi connectivity index (χ0v) is 22.2. The quantitative estimate of drug-likeness (QED) is 0.414. The first-order chi connectivity index (χ1) is 15.3. The van der Waals surface area contributed by atoms with Gasteiger partial charge in [0, 0.05) is 0 Å². The molecular weight excluding hydrogens is 408 g/mol. The van der Waals surface area contributed by atoms with Gasteiger partial charge in [0.15, 0.2) is 0 Å². The Balaban J connectivity index is 1.60. The number of rotatable bonds is 1. The van der Waals surface area contributed by atoms with Crippen LogP contribution >= 0.6 is 0 Å². The summed E-state index contributed by atoms with van der Waals surface area (Å²) >= 11 is 0. The number of fused-ring (bicyclic) bond motifs is 7. The van der Waals surface area contributed by atoms with E-state index in [1.807, 2.05) is 6.92 Å².